The van der Waals surface area contributed by atoms with E-state index in [4.69, 9.17) is 10.3 Å². The Morgan fingerprint density at radius 3 is 2.85 bits per heavy atom. The molecule has 6 heteroatoms. The van der Waals surface area contributed by atoms with Crippen molar-refractivity contribution in [3.63, 3.8) is 0 Å². The molecule has 1 saturated carbocycles. The maximum atomic E-state index is 14.5. The molecule has 0 saturated heterocycles. The first kappa shape index (κ1) is 12.1. The maximum Gasteiger partial charge on any atom is 0.271 e. The van der Waals surface area contributed by atoms with Crippen molar-refractivity contribution < 1.29 is 13.7 Å². The average Bonchev–Trinajstić information content (AvgIpc) is 3.03. The first-order valence-corrected chi connectivity index (χ1v) is 7.10. The number of hydrogen-bond donors (Lipinski definition) is 1. The first-order chi connectivity index (χ1) is 9.53. The van der Waals surface area contributed by atoms with Gasteiger partial charge in [0.15, 0.2) is 11.5 Å². The van der Waals surface area contributed by atoms with Crippen molar-refractivity contribution in [3.8, 4) is 11.3 Å². The highest BCUT2D eigenvalue weighted by Crippen LogP contribution is 2.58. The summed E-state index contributed by atoms with van der Waals surface area (Å²) in [6, 6.07) is 3.63. The molecule has 2 N–H and O–H groups in total. The molecule has 0 aliphatic heterocycles. The molecule has 102 valence electrons. The monoisotopic (exact) mass is 336 g/mol. The second kappa shape index (κ2) is 3.69. The number of nitrogens with two attached hydrogens (primary N) is 1. The maximum absolute atomic E-state index is 14.5. The lowest BCUT2D eigenvalue weighted by molar-refractivity contribution is 0.0991. The molecular weight excluding hydrogens is 327 g/mol. The summed E-state index contributed by atoms with van der Waals surface area (Å²) >= 11 is 3.19. The number of amides is 1. The van der Waals surface area contributed by atoms with Crippen molar-refractivity contribution in [2.45, 2.75) is 24.7 Å². The van der Waals surface area contributed by atoms with Crippen LogP contribution in [0.4, 0.5) is 4.39 Å². The van der Waals surface area contributed by atoms with Crippen LogP contribution in [0.5, 0.6) is 0 Å². The number of aromatic nitrogens is 1. The third kappa shape index (κ3) is 1.40. The van der Waals surface area contributed by atoms with Crippen LogP contribution in [-0.4, -0.2) is 11.1 Å². The van der Waals surface area contributed by atoms with Gasteiger partial charge < -0.3 is 10.3 Å². The zero-order chi connectivity index (χ0) is 14.1. The lowest BCUT2D eigenvalue weighted by Gasteiger charge is -2.24. The number of benzene rings is 1. The van der Waals surface area contributed by atoms with Gasteiger partial charge in [0, 0.05) is 11.0 Å². The molecule has 0 unspecified atom stereocenters. The Hall–Kier alpha value is -1.69. The molecule has 2 aliphatic rings. The molecule has 20 heavy (non-hydrogen) atoms. The van der Waals surface area contributed by atoms with E-state index >= 15 is 0 Å². The molecule has 2 aromatic rings. The minimum absolute atomic E-state index is 0.0837. The molecule has 1 spiro atoms. The van der Waals surface area contributed by atoms with Crippen molar-refractivity contribution in [1.29, 1.82) is 0 Å². The Kier molecular flexibility index (Phi) is 2.23. The molecule has 1 aromatic heterocycles. The van der Waals surface area contributed by atoms with Crippen molar-refractivity contribution in [2.24, 2.45) is 5.73 Å². The summed E-state index contributed by atoms with van der Waals surface area (Å²) in [5.41, 5.74) is 7.35. The lowest BCUT2D eigenvalue weighted by atomic mass is 9.78. The van der Waals surface area contributed by atoms with E-state index in [1.54, 1.807) is 6.07 Å². The summed E-state index contributed by atoms with van der Waals surface area (Å²) in [5.74, 6) is -0.670. The molecular formula is C14H10BrFN2O2. The van der Waals surface area contributed by atoms with E-state index in [0.717, 1.165) is 18.4 Å². The van der Waals surface area contributed by atoms with Gasteiger partial charge >= 0.3 is 0 Å². The molecule has 1 heterocycles. The molecule has 4 nitrogen and oxygen atoms in total. The summed E-state index contributed by atoms with van der Waals surface area (Å²) in [5, 5.41) is 3.73. The highest BCUT2D eigenvalue weighted by atomic mass is 79.9. The number of primary amides is 1. The summed E-state index contributed by atoms with van der Waals surface area (Å²) in [7, 11) is 0. The predicted molar refractivity (Wildman–Crippen MR) is 72.7 cm³/mol. The summed E-state index contributed by atoms with van der Waals surface area (Å²) in [4.78, 5) is 11.4. The fraction of sp³-hybridized carbons (Fsp3) is 0.286. The van der Waals surface area contributed by atoms with E-state index in [9.17, 15) is 9.18 Å². The van der Waals surface area contributed by atoms with Crippen molar-refractivity contribution in [3.05, 3.63) is 39.2 Å². The fourth-order valence-corrected chi connectivity index (χ4v) is 3.44. The van der Waals surface area contributed by atoms with Crippen LogP contribution in [0.15, 0.2) is 21.1 Å². The molecule has 0 radical (unpaired) electrons. The van der Waals surface area contributed by atoms with Gasteiger partial charge in [0.25, 0.3) is 5.91 Å². The molecule has 2 aliphatic carbocycles. The molecule has 1 amide bonds. The Balaban J connectivity index is 2.06. The topological polar surface area (TPSA) is 69.1 Å². The fourth-order valence-electron chi connectivity index (χ4n) is 3.11. The molecule has 0 bridgehead atoms. The third-order valence-corrected chi connectivity index (χ3v) is 4.90. The van der Waals surface area contributed by atoms with E-state index in [-0.39, 0.29) is 16.9 Å². The second-order valence-corrected chi connectivity index (χ2v) is 6.30. The van der Waals surface area contributed by atoms with Gasteiger partial charge in [-0.1, -0.05) is 11.2 Å². The van der Waals surface area contributed by atoms with E-state index in [1.165, 1.54) is 0 Å². The number of fused-ring (bicyclic) bond motifs is 4. The number of hydrogen-bond acceptors (Lipinski definition) is 3. The van der Waals surface area contributed by atoms with Gasteiger partial charge in [-0.15, -0.1) is 0 Å². The van der Waals surface area contributed by atoms with Gasteiger partial charge in [0.05, 0.1) is 10.0 Å². The summed E-state index contributed by atoms with van der Waals surface area (Å²) in [6.07, 6.45) is 2.59. The van der Waals surface area contributed by atoms with Gasteiger partial charge in [-0.2, -0.15) is 0 Å². The summed E-state index contributed by atoms with van der Waals surface area (Å²) < 4.78 is 20.1. The van der Waals surface area contributed by atoms with Crippen LogP contribution >= 0.6 is 15.9 Å². The number of carbonyl (C=O) groups excluding carboxylic acids is 1. The zero-order valence-electron chi connectivity index (χ0n) is 10.4. The lowest BCUT2D eigenvalue weighted by Crippen LogP contribution is -2.21. The van der Waals surface area contributed by atoms with E-state index < -0.39 is 5.91 Å². The standard InChI is InChI=1S/C14H10BrFN2O2/c15-8-2-1-7-9(10(8)16)12-6(5-14(7)3-4-14)11(13(17)19)18-20-12/h1-2H,3-5H2,(H2,17,19). The average molecular weight is 337 g/mol. The minimum atomic E-state index is -0.635. The number of halogens is 2. The highest BCUT2D eigenvalue weighted by Gasteiger charge is 2.51. The van der Waals surface area contributed by atoms with Gasteiger partial charge in [-0.05, 0) is 46.8 Å². The van der Waals surface area contributed by atoms with Gasteiger partial charge in [-0.3, -0.25) is 4.79 Å². The number of carbonyl (C=O) groups is 1. The van der Waals surface area contributed by atoms with Crippen molar-refractivity contribution in [2.75, 3.05) is 0 Å². The van der Waals surface area contributed by atoms with E-state index in [2.05, 4.69) is 21.1 Å². The zero-order valence-corrected chi connectivity index (χ0v) is 12.0. The molecule has 1 fully saturated rings. The van der Waals surface area contributed by atoms with E-state index in [1.807, 2.05) is 6.07 Å². The highest BCUT2D eigenvalue weighted by molar-refractivity contribution is 9.10. The SMILES string of the molecule is NC(=O)c1noc2c1CC1(CC1)c1ccc(Br)c(F)c1-2. The quantitative estimate of drug-likeness (QED) is 0.870. The van der Waals surface area contributed by atoms with E-state index in [0.29, 0.717) is 27.8 Å². The van der Waals surface area contributed by atoms with Crippen LogP contribution in [0.1, 0.15) is 34.5 Å². The Morgan fingerprint density at radius 1 is 1.45 bits per heavy atom. The Labute approximate surface area is 122 Å². The van der Waals surface area contributed by atoms with Crippen LogP contribution in [0.25, 0.3) is 11.3 Å². The van der Waals surface area contributed by atoms with Crippen LogP contribution in [0.2, 0.25) is 0 Å². The van der Waals surface area contributed by atoms with Crippen molar-refractivity contribution >= 4 is 21.8 Å². The van der Waals surface area contributed by atoms with Gasteiger partial charge in [-0.25, -0.2) is 4.39 Å². The molecule has 0 atom stereocenters. The first-order valence-electron chi connectivity index (χ1n) is 6.31. The van der Waals surface area contributed by atoms with Crippen LogP contribution in [-0.2, 0) is 11.8 Å². The molecule has 1 aromatic carbocycles. The van der Waals surface area contributed by atoms with Crippen LogP contribution < -0.4 is 5.73 Å². The summed E-state index contributed by atoms with van der Waals surface area (Å²) in [6.45, 7) is 0. The minimum Gasteiger partial charge on any atom is -0.364 e. The smallest absolute Gasteiger partial charge is 0.271 e. The second-order valence-electron chi connectivity index (χ2n) is 5.44. The Bertz CT molecular complexity index is 765. The van der Waals surface area contributed by atoms with Crippen molar-refractivity contribution in [1.82, 2.24) is 5.16 Å². The number of rotatable bonds is 1. The normalized spacial score (nSPS) is 17.7. The number of nitrogens with zero attached hydrogens (tertiary/aromatic N) is 1. The Morgan fingerprint density at radius 2 is 2.20 bits per heavy atom. The van der Waals surface area contributed by atoms with Crippen LogP contribution in [0, 0.1) is 5.82 Å². The largest absolute Gasteiger partial charge is 0.364 e. The predicted octanol–water partition coefficient (Wildman–Crippen LogP) is 2.93. The molecule has 4 rings (SSSR count). The van der Waals surface area contributed by atoms with Crippen LogP contribution in [0.3, 0.4) is 0 Å². The van der Waals surface area contributed by atoms with Gasteiger partial charge in [0.2, 0.25) is 0 Å². The van der Waals surface area contributed by atoms with Gasteiger partial charge in [0.1, 0.15) is 5.82 Å². The third-order valence-electron chi connectivity index (χ3n) is 4.28.